The molecule has 1 aromatic carbocycles. The van der Waals surface area contributed by atoms with Crippen molar-refractivity contribution in [1.29, 1.82) is 0 Å². The number of benzene rings is 1. The highest BCUT2D eigenvalue weighted by Crippen LogP contribution is 2.50. The lowest BCUT2D eigenvalue weighted by Crippen LogP contribution is -2.66. The summed E-state index contributed by atoms with van der Waals surface area (Å²) in [5, 5.41) is 14.2. The van der Waals surface area contributed by atoms with Crippen LogP contribution < -0.4 is 0 Å². The Morgan fingerprint density at radius 2 is 1.85 bits per heavy atom. The molecule has 6 nitrogen and oxygen atoms in total. The van der Waals surface area contributed by atoms with Crippen LogP contribution in [0.15, 0.2) is 30.3 Å². The molecule has 0 bridgehead atoms. The molecule has 2 fully saturated rings. The predicted octanol–water partition coefficient (Wildman–Crippen LogP) is 3.73. The smallest absolute Gasteiger partial charge is 0.338 e. The zero-order valence-corrected chi connectivity index (χ0v) is 16.7. The monoisotopic (exact) mass is 376 g/mol. The largest absolute Gasteiger partial charge is 0.459 e. The number of esters is 1. The zero-order chi connectivity index (χ0) is 19.7. The summed E-state index contributed by atoms with van der Waals surface area (Å²) >= 11 is 0. The van der Waals surface area contributed by atoms with Gasteiger partial charge in [-0.3, -0.25) is 0 Å². The number of rotatable bonds is 5. The van der Waals surface area contributed by atoms with Crippen LogP contribution in [0.5, 0.6) is 0 Å². The topological polar surface area (TPSA) is 67.9 Å². The van der Waals surface area contributed by atoms with Gasteiger partial charge in [0.1, 0.15) is 12.7 Å². The third-order valence-corrected chi connectivity index (χ3v) is 5.92. The quantitative estimate of drug-likeness (QED) is 0.733. The summed E-state index contributed by atoms with van der Waals surface area (Å²) in [5.74, 6) is -1.16. The van der Waals surface area contributed by atoms with E-state index in [-0.39, 0.29) is 18.7 Å². The van der Waals surface area contributed by atoms with Gasteiger partial charge in [-0.2, -0.15) is 0 Å². The number of hydrogen-bond donors (Lipinski definition) is 0. The number of carbonyl (C=O) groups is 1. The van der Waals surface area contributed by atoms with Crippen LogP contribution >= 0.6 is 0 Å². The highest BCUT2D eigenvalue weighted by atomic mass is 16.8. The molecule has 2 aliphatic heterocycles. The lowest BCUT2D eigenvalue weighted by atomic mass is 9.73. The summed E-state index contributed by atoms with van der Waals surface area (Å²) < 4.78 is 17.8. The second-order valence-electron chi connectivity index (χ2n) is 8.32. The maximum Gasteiger partial charge on any atom is 0.338 e. The van der Waals surface area contributed by atoms with Crippen molar-refractivity contribution < 1.29 is 24.2 Å². The second kappa shape index (κ2) is 7.51. The summed E-state index contributed by atoms with van der Waals surface area (Å²) in [6.07, 6.45) is 2.17. The molecule has 1 radical (unpaired) electrons. The molecule has 0 saturated carbocycles. The first-order valence-electron chi connectivity index (χ1n) is 9.77. The highest BCUT2D eigenvalue weighted by molar-refractivity contribution is 5.89. The molecule has 0 aliphatic carbocycles. The van der Waals surface area contributed by atoms with Crippen LogP contribution in [0.4, 0.5) is 0 Å². The first-order valence-corrected chi connectivity index (χ1v) is 9.77. The number of hydroxylamine groups is 2. The van der Waals surface area contributed by atoms with Crippen molar-refractivity contribution in [3.63, 3.8) is 0 Å². The van der Waals surface area contributed by atoms with Gasteiger partial charge in [0.2, 0.25) is 0 Å². The highest BCUT2D eigenvalue weighted by Gasteiger charge is 2.59. The Morgan fingerprint density at radius 3 is 2.48 bits per heavy atom. The van der Waals surface area contributed by atoms with Gasteiger partial charge < -0.3 is 14.2 Å². The fourth-order valence-electron chi connectivity index (χ4n) is 4.51. The van der Waals surface area contributed by atoms with Gasteiger partial charge in [0.05, 0.1) is 17.7 Å². The lowest BCUT2D eigenvalue weighted by Gasteiger charge is -2.55. The van der Waals surface area contributed by atoms with Crippen LogP contribution in [0.25, 0.3) is 0 Å². The Bertz CT molecular complexity index is 658. The molecule has 0 N–H and O–H groups in total. The molecular formula is C21H30NO5. The van der Waals surface area contributed by atoms with Crippen LogP contribution in [0.3, 0.4) is 0 Å². The van der Waals surface area contributed by atoms with E-state index >= 15 is 0 Å². The second-order valence-corrected chi connectivity index (χ2v) is 8.32. The van der Waals surface area contributed by atoms with Crippen LogP contribution in [0, 0.1) is 0 Å². The third-order valence-electron chi connectivity index (χ3n) is 5.92. The van der Waals surface area contributed by atoms with E-state index in [1.54, 1.807) is 24.3 Å². The van der Waals surface area contributed by atoms with Crippen LogP contribution in [-0.4, -0.2) is 47.2 Å². The summed E-state index contributed by atoms with van der Waals surface area (Å²) in [4.78, 5) is 12.1. The molecule has 1 aromatic rings. The molecule has 1 spiro atoms. The summed E-state index contributed by atoms with van der Waals surface area (Å²) in [6, 6.07) is 8.90. The number of piperidine rings is 1. The van der Waals surface area contributed by atoms with Gasteiger partial charge >= 0.3 is 5.97 Å². The molecule has 2 saturated heterocycles. The average Bonchev–Trinajstić information content (AvgIpc) is 3.05. The van der Waals surface area contributed by atoms with Gasteiger partial charge in [-0.15, -0.1) is 10.3 Å². The Hall–Kier alpha value is -1.47. The van der Waals surface area contributed by atoms with Crippen molar-refractivity contribution in [2.24, 2.45) is 0 Å². The molecule has 149 valence electrons. The van der Waals surface area contributed by atoms with Crippen molar-refractivity contribution in [3.05, 3.63) is 35.9 Å². The first kappa shape index (κ1) is 20.3. The van der Waals surface area contributed by atoms with Crippen molar-refractivity contribution >= 4 is 5.97 Å². The maximum atomic E-state index is 13.0. The van der Waals surface area contributed by atoms with Gasteiger partial charge in [-0.05, 0) is 38.8 Å². The molecular weight excluding hydrogens is 346 g/mol. The van der Waals surface area contributed by atoms with Crippen molar-refractivity contribution in [3.8, 4) is 0 Å². The van der Waals surface area contributed by atoms with Crippen molar-refractivity contribution in [1.82, 2.24) is 5.06 Å². The molecule has 3 rings (SSSR count). The SMILES string of the molecule is CCC1(CC)CC2(CC(C)(C)N1[O])OCC(COC(=O)c1ccccc1)O2. The molecule has 2 aliphatic rings. The zero-order valence-electron chi connectivity index (χ0n) is 16.7. The van der Waals surface area contributed by atoms with Crippen LogP contribution in [0.1, 0.15) is 63.7 Å². The van der Waals surface area contributed by atoms with Gasteiger partial charge in [0.15, 0.2) is 5.79 Å². The van der Waals surface area contributed by atoms with Gasteiger partial charge in [-0.1, -0.05) is 32.0 Å². The molecule has 0 amide bonds. The summed E-state index contributed by atoms with van der Waals surface area (Å²) in [6.45, 7) is 8.46. The van der Waals surface area contributed by atoms with Gasteiger partial charge in [0.25, 0.3) is 0 Å². The van der Waals surface area contributed by atoms with Gasteiger partial charge in [0, 0.05) is 18.4 Å². The molecule has 2 atom stereocenters. The van der Waals surface area contributed by atoms with Crippen molar-refractivity contribution in [2.75, 3.05) is 13.2 Å². The van der Waals surface area contributed by atoms with E-state index in [1.165, 1.54) is 5.06 Å². The maximum absolute atomic E-state index is 13.0. The predicted molar refractivity (Wildman–Crippen MR) is 99.4 cm³/mol. The van der Waals surface area contributed by atoms with Crippen molar-refractivity contribution in [2.45, 2.75) is 76.3 Å². The normalized spacial score (nSPS) is 29.7. The fraction of sp³-hybridized carbons (Fsp3) is 0.667. The molecule has 27 heavy (non-hydrogen) atoms. The number of ether oxygens (including phenoxy) is 3. The van der Waals surface area contributed by atoms with E-state index in [0.717, 1.165) is 12.8 Å². The Balaban J connectivity index is 1.66. The number of hydrogen-bond acceptors (Lipinski definition) is 5. The molecule has 2 unspecified atom stereocenters. The Morgan fingerprint density at radius 1 is 1.19 bits per heavy atom. The third kappa shape index (κ3) is 3.90. The molecule has 0 aromatic heterocycles. The first-order chi connectivity index (χ1) is 12.8. The number of nitrogens with zero attached hydrogens (tertiary/aromatic N) is 1. The molecule has 2 heterocycles. The van der Waals surface area contributed by atoms with Crippen LogP contribution in [-0.2, 0) is 19.4 Å². The Kier molecular flexibility index (Phi) is 5.64. The van der Waals surface area contributed by atoms with E-state index < -0.39 is 16.9 Å². The van der Waals surface area contributed by atoms with E-state index in [2.05, 4.69) is 0 Å². The molecule has 6 heteroatoms. The standard InChI is InChI=1S/C21H30NO5/c1-5-20(6-2)15-21(14-19(3,4)22(20)24)26-13-17(27-21)12-25-18(23)16-10-8-7-9-11-16/h7-11,17H,5-6,12-15H2,1-4H3. The van der Waals surface area contributed by atoms with E-state index in [1.807, 2.05) is 33.8 Å². The van der Waals surface area contributed by atoms with Crippen LogP contribution in [0.2, 0.25) is 0 Å². The fourth-order valence-corrected chi connectivity index (χ4v) is 4.51. The minimum Gasteiger partial charge on any atom is -0.459 e. The minimum absolute atomic E-state index is 0.141. The van der Waals surface area contributed by atoms with E-state index in [0.29, 0.717) is 25.0 Å². The Labute approximate surface area is 161 Å². The lowest BCUT2D eigenvalue weighted by molar-refractivity contribution is -0.352. The summed E-state index contributed by atoms with van der Waals surface area (Å²) in [7, 11) is 0. The number of carbonyl (C=O) groups excluding carboxylic acids is 1. The summed E-state index contributed by atoms with van der Waals surface area (Å²) in [5.41, 5.74) is -0.569. The average molecular weight is 376 g/mol. The minimum atomic E-state index is -0.791. The van der Waals surface area contributed by atoms with E-state index in [4.69, 9.17) is 14.2 Å². The van der Waals surface area contributed by atoms with Gasteiger partial charge in [-0.25, -0.2) is 4.79 Å². The van der Waals surface area contributed by atoms with E-state index in [9.17, 15) is 10.0 Å².